The van der Waals surface area contributed by atoms with Crippen LogP contribution in [0.25, 0.3) is 0 Å². The van der Waals surface area contributed by atoms with Crippen molar-refractivity contribution in [3.63, 3.8) is 0 Å². The van der Waals surface area contributed by atoms with E-state index in [1.54, 1.807) is 0 Å². The number of hydrogen-bond acceptors (Lipinski definition) is 3. The molecule has 1 N–H and O–H groups in total. The van der Waals surface area contributed by atoms with Gasteiger partial charge >= 0.3 is 0 Å². The van der Waals surface area contributed by atoms with Crippen molar-refractivity contribution in [2.24, 2.45) is 0 Å². The first-order valence-corrected chi connectivity index (χ1v) is 11.0. The van der Waals surface area contributed by atoms with Crippen LogP contribution >= 0.6 is 0 Å². The molecule has 3 heteroatoms. The van der Waals surface area contributed by atoms with Crippen molar-refractivity contribution in [2.45, 2.75) is 82.6 Å². The number of benzene rings is 2. The largest absolute Gasteiger partial charge is 0.490 e. The third-order valence-electron chi connectivity index (χ3n) is 6.54. The number of hydrogen-bond donors (Lipinski definition) is 1. The van der Waals surface area contributed by atoms with Gasteiger partial charge in [0.2, 0.25) is 0 Å². The van der Waals surface area contributed by atoms with E-state index in [4.69, 9.17) is 9.47 Å². The normalized spacial score (nSPS) is 27.0. The standard InChI is InChI=1S/C25H31NO2/c1-17-4-2-3-5-23(17)25-14-6-18-16-22(13-15-24(18)28-25)27-21-11-9-20(10-12-21)26-19-7-8-19/h2-5,13,15-16,19-21,25-26H,6-12,14H2,1H3. The smallest absolute Gasteiger partial charge is 0.124 e. The van der Waals surface area contributed by atoms with E-state index in [2.05, 4.69) is 54.7 Å². The number of nitrogens with one attached hydrogen (secondary N) is 1. The first-order chi connectivity index (χ1) is 13.7. The van der Waals surface area contributed by atoms with Crippen LogP contribution in [0.5, 0.6) is 11.5 Å². The van der Waals surface area contributed by atoms with Gasteiger partial charge in [0.05, 0.1) is 6.10 Å². The minimum Gasteiger partial charge on any atom is -0.490 e. The second-order valence-corrected chi connectivity index (χ2v) is 8.80. The Morgan fingerprint density at radius 1 is 0.893 bits per heavy atom. The molecule has 0 aromatic heterocycles. The lowest BCUT2D eigenvalue weighted by Crippen LogP contribution is -2.37. The minimum atomic E-state index is 0.162. The second kappa shape index (κ2) is 7.79. The molecule has 0 spiro atoms. The van der Waals surface area contributed by atoms with Crippen molar-refractivity contribution in [3.05, 3.63) is 59.2 Å². The fourth-order valence-electron chi connectivity index (χ4n) is 4.73. The molecule has 2 aliphatic carbocycles. The highest BCUT2D eigenvalue weighted by Crippen LogP contribution is 2.38. The Bertz CT molecular complexity index is 821. The van der Waals surface area contributed by atoms with Gasteiger partial charge in [-0.2, -0.15) is 0 Å². The van der Waals surface area contributed by atoms with Crippen molar-refractivity contribution < 1.29 is 9.47 Å². The van der Waals surface area contributed by atoms with Crippen molar-refractivity contribution in [3.8, 4) is 11.5 Å². The summed E-state index contributed by atoms with van der Waals surface area (Å²) in [6.45, 7) is 2.17. The molecule has 1 atom stereocenters. The molecule has 1 unspecified atom stereocenters. The Morgan fingerprint density at radius 3 is 2.39 bits per heavy atom. The number of fused-ring (bicyclic) bond motifs is 1. The van der Waals surface area contributed by atoms with Gasteiger partial charge < -0.3 is 14.8 Å². The molecule has 1 heterocycles. The summed E-state index contributed by atoms with van der Waals surface area (Å²) in [5.74, 6) is 2.03. The van der Waals surface area contributed by atoms with Gasteiger partial charge in [-0.3, -0.25) is 0 Å². The molecule has 2 aromatic carbocycles. The highest BCUT2D eigenvalue weighted by Gasteiger charge is 2.29. The number of ether oxygens (including phenoxy) is 2. The van der Waals surface area contributed by atoms with Crippen LogP contribution in [0.4, 0.5) is 0 Å². The fourth-order valence-corrected chi connectivity index (χ4v) is 4.73. The first-order valence-electron chi connectivity index (χ1n) is 11.0. The molecule has 28 heavy (non-hydrogen) atoms. The average molecular weight is 378 g/mol. The quantitative estimate of drug-likeness (QED) is 0.746. The van der Waals surface area contributed by atoms with Crippen LogP contribution < -0.4 is 14.8 Å². The Hall–Kier alpha value is -2.00. The number of aryl methyl sites for hydroxylation is 2. The molecule has 0 saturated heterocycles. The van der Waals surface area contributed by atoms with E-state index < -0.39 is 0 Å². The zero-order valence-electron chi connectivity index (χ0n) is 16.8. The maximum atomic E-state index is 6.34. The molecule has 3 aliphatic rings. The van der Waals surface area contributed by atoms with Crippen molar-refractivity contribution in [1.82, 2.24) is 5.32 Å². The Kier molecular flexibility index (Phi) is 5.02. The lowest BCUT2D eigenvalue weighted by molar-refractivity contribution is 0.138. The molecule has 5 rings (SSSR count). The van der Waals surface area contributed by atoms with Crippen molar-refractivity contribution in [1.29, 1.82) is 0 Å². The van der Waals surface area contributed by atoms with E-state index in [9.17, 15) is 0 Å². The van der Waals surface area contributed by atoms with E-state index >= 15 is 0 Å². The highest BCUT2D eigenvalue weighted by atomic mass is 16.5. The summed E-state index contributed by atoms with van der Waals surface area (Å²) >= 11 is 0. The number of rotatable bonds is 5. The molecule has 0 amide bonds. The van der Waals surface area contributed by atoms with Gasteiger partial charge in [0.15, 0.2) is 0 Å². The van der Waals surface area contributed by atoms with Gasteiger partial charge in [0, 0.05) is 12.1 Å². The minimum absolute atomic E-state index is 0.162. The first kappa shape index (κ1) is 18.1. The van der Waals surface area contributed by atoms with E-state index in [0.717, 1.165) is 43.2 Å². The van der Waals surface area contributed by atoms with Crippen molar-refractivity contribution >= 4 is 0 Å². The van der Waals surface area contributed by atoms with E-state index in [1.165, 1.54) is 42.4 Å². The molecule has 148 valence electrons. The van der Waals surface area contributed by atoms with Gasteiger partial charge in [-0.15, -0.1) is 0 Å². The zero-order valence-corrected chi connectivity index (χ0v) is 16.8. The molecule has 2 saturated carbocycles. The van der Waals surface area contributed by atoms with Crippen LogP contribution in [0.3, 0.4) is 0 Å². The predicted molar refractivity (Wildman–Crippen MR) is 112 cm³/mol. The summed E-state index contributed by atoms with van der Waals surface area (Å²) in [6, 6.07) is 16.5. The average Bonchev–Trinajstić information content (AvgIpc) is 3.54. The molecule has 0 bridgehead atoms. The Balaban J connectivity index is 1.19. The van der Waals surface area contributed by atoms with Crippen LogP contribution in [0.15, 0.2) is 42.5 Å². The fraction of sp³-hybridized carbons (Fsp3) is 0.520. The summed E-state index contributed by atoms with van der Waals surface area (Å²) in [6.07, 6.45) is 10.1. The van der Waals surface area contributed by atoms with Gasteiger partial charge in [0.1, 0.15) is 17.6 Å². The molecule has 2 aromatic rings. The third kappa shape index (κ3) is 4.05. The lowest BCUT2D eigenvalue weighted by Gasteiger charge is -2.31. The van der Waals surface area contributed by atoms with Gasteiger partial charge in [-0.25, -0.2) is 0 Å². The third-order valence-corrected chi connectivity index (χ3v) is 6.54. The Labute approximate surface area is 168 Å². The van der Waals surface area contributed by atoms with Gasteiger partial charge in [-0.05, 0) is 93.2 Å². The van der Waals surface area contributed by atoms with Crippen molar-refractivity contribution in [2.75, 3.05) is 0 Å². The topological polar surface area (TPSA) is 30.5 Å². The van der Waals surface area contributed by atoms with Crippen LogP contribution in [0, 0.1) is 6.92 Å². The van der Waals surface area contributed by atoms with E-state index in [-0.39, 0.29) is 6.10 Å². The molecule has 2 fully saturated rings. The van der Waals surface area contributed by atoms with Gasteiger partial charge in [0.25, 0.3) is 0 Å². The van der Waals surface area contributed by atoms with Crippen LogP contribution in [0.1, 0.15) is 67.7 Å². The maximum Gasteiger partial charge on any atom is 0.124 e. The zero-order chi connectivity index (χ0) is 18.9. The summed E-state index contributed by atoms with van der Waals surface area (Å²) < 4.78 is 12.7. The van der Waals surface area contributed by atoms with Crippen LogP contribution in [0.2, 0.25) is 0 Å². The molecule has 3 nitrogen and oxygen atoms in total. The predicted octanol–water partition coefficient (Wildman–Crippen LogP) is 5.50. The maximum absolute atomic E-state index is 6.34. The molecular weight excluding hydrogens is 346 g/mol. The monoisotopic (exact) mass is 377 g/mol. The summed E-state index contributed by atoms with van der Waals surface area (Å²) in [5.41, 5.74) is 3.90. The summed E-state index contributed by atoms with van der Waals surface area (Å²) in [5, 5.41) is 3.77. The van der Waals surface area contributed by atoms with Gasteiger partial charge in [-0.1, -0.05) is 24.3 Å². The highest BCUT2D eigenvalue weighted by molar-refractivity contribution is 5.43. The summed E-state index contributed by atoms with van der Waals surface area (Å²) in [4.78, 5) is 0. The SMILES string of the molecule is Cc1ccccc1C1CCc2cc(OC3CCC(NC4CC4)CC3)ccc2O1. The molecule has 1 aliphatic heterocycles. The van der Waals surface area contributed by atoms with E-state index in [1.807, 2.05) is 0 Å². The van der Waals surface area contributed by atoms with Crippen LogP contribution in [-0.2, 0) is 6.42 Å². The molecule has 0 radical (unpaired) electrons. The second-order valence-electron chi connectivity index (χ2n) is 8.80. The van der Waals surface area contributed by atoms with Crippen LogP contribution in [-0.4, -0.2) is 18.2 Å². The molecular formula is C25H31NO2. The Morgan fingerprint density at radius 2 is 1.64 bits per heavy atom. The summed E-state index contributed by atoms with van der Waals surface area (Å²) in [7, 11) is 0. The lowest BCUT2D eigenvalue weighted by atomic mass is 9.92. The van der Waals surface area contributed by atoms with E-state index in [0.29, 0.717) is 12.1 Å².